The molecule has 0 spiro atoms. The van der Waals surface area contributed by atoms with E-state index in [0.29, 0.717) is 6.07 Å². The minimum absolute atomic E-state index is 0.0664. The number of hydrogen-bond acceptors (Lipinski definition) is 3. The van der Waals surface area contributed by atoms with Crippen LogP contribution in [-0.4, -0.2) is 22.8 Å². The molecule has 0 N–H and O–H groups in total. The lowest BCUT2D eigenvalue weighted by atomic mass is 10.2. The minimum atomic E-state index is -6.21. The molecule has 1 aromatic heterocycles. The third kappa shape index (κ3) is 3.15. The summed E-state index contributed by atoms with van der Waals surface area (Å²) < 4.78 is 96.3. The van der Waals surface area contributed by atoms with Crippen molar-refractivity contribution in [2.24, 2.45) is 0 Å². The Morgan fingerprint density at radius 3 is 2.24 bits per heavy atom. The number of ether oxygens (including phenoxy) is 1. The number of nitrogens with zero attached hydrogens (tertiary/aromatic N) is 2. The van der Waals surface area contributed by atoms with Crippen molar-refractivity contribution in [2.45, 2.75) is 12.1 Å². The van der Waals surface area contributed by atoms with E-state index in [2.05, 4.69) is 9.72 Å². The van der Waals surface area contributed by atoms with Crippen LogP contribution in [0.3, 0.4) is 0 Å². The quantitative estimate of drug-likeness (QED) is 0.748. The van der Waals surface area contributed by atoms with E-state index in [1.165, 1.54) is 0 Å². The molecule has 2 rings (SSSR count). The summed E-state index contributed by atoms with van der Waals surface area (Å²) in [4.78, 5) is 14.7. The lowest BCUT2D eigenvalue weighted by Crippen LogP contribution is -2.39. The zero-order valence-electron chi connectivity index (χ0n) is 12.0. The number of aromatic nitrogens is 2. The third-order valence-electron chi connectivity index (χ3n) is 2.98. The lowest BCUT2D eigenvalue weighted by Gasteiger charge is -2.21. The molecule has 1 heterocycles. The van der Waals surface area contributed by atoms with Gasteiger partial charge in [-0.05, 0) is 18.2 Å². The molecule has 0 saturated carbocycles. The van der Waals surface area contributed by atoms with Crippen LogP contribution >= 0.6 is 11.6 Å². The predicted octanol–water partition coefficient (Wildman–Crippen LogP) is 3.83. The largest absolute Gasteiger partial charge is 0.468 e. The first-order chi connectivity index (χ1) is 11.4. The van der Waals surface area contributed by atoms with Gasteiger partial charge < -0.3 is 4.74 Å². The zero-order chi connectivity index (χ0) is 19.2. The maximum absolute atomic E-state index is 13.9. The molecule has 2 aromatic rings. The lowest BCUT2D eigenvalue weighted by molar-refractivity contribution is -0.292. The summed E-state index contributed by atoms with van der Waals surface area (Å²) >= 11 is 5.51. The average molecular weight is 391 g/mol. The van der Waals surface area contributed by atoms with Crippen LogP contribution in [0.1, 0.15) is 5.69 Å². The number of rotatable bonds is 3. The van der Waals surface area contributed by atoms with Gasteiger partial charge in [-0.15, -0.1) is 0 Å². The Bertz CT molecular complexity index is 880. The Balaban J connectivity index is 2.83. The van der Waals surface area contributed by atoms with Crippen LogP contribution < -0.4 is 10.3 Å². The standard InChI is InChI=1S/C13H6ClF7N2O2/c1-25-11-22-9(12(17,18)13(19,20)21)8(16)10(24)23(11)7-3-2-5(14)4-6(7)15/h2-4H,1H3. The van der Waals surface area contributed by atoms with Crippen molar-refractivity contribution in [2.75, 3.05) is 7.11 Å². The summed E-state index contributed by atoms with van der Waals surface area (Å²) in [7, 11) is 0.763. The van der Waals surface area contributed by atoms with Crippen LogP contribution in [-0.2, 0) is 5.92 Å². The summed E-state index contributed by atoms with van der Waals surface area (Å²) in [6.45, 7) is 0. The molecule has 0 bridgehead atoms. The summed E-state index contributed by atoms with van der Waals surface area (Å²) in [5.41, 5.74) is -5.20. The van der Waals surface area contributed by atoms with Crippen LogP contribution in [0.4, 0.5) is 30.7 Å². The van der Waals surface area contributed by atoms with E-state index in [9.17, 15) is 35.5 Å². The molecule has 0 radical (unpaired) electrons. The van der Waals surface area contributed by atoms with Gasteiger partial charge in [0.1, 0.15) is 5.82 Å². The second kappa shape index (κ2) is 6.21. The van der Waals surface area contributed by atoms with Gasteiger partial charge in [0.05, 0.1) is 12.8 Å². The van der Waals surface area contributed by atoms with E-state index >= 15 is 0 Å². The highest BCUT2D eigenvalue weighted by Crippen LogP contribution is 2.44. The van der Waals surface area contributed by atoms with E-state index in [-0.39, 0.29) is 9.59 Å². The van der Waals surface area contributed by atoms with Gasteiger partial charge in [-0.25, -0.2) is 8.96 Å². The van der Waals surface area contributed by atoms with E-state index in [1.807, 2.05) is 0 Å². The summed E-state index contributed by atoms with van der Waals surface area (Å²) in [6, 6.07) is 1.47. The smallest absolute Gasteiger partial charge is 0.459 e. The van der Waals surface area contributed by atoms with Gasteiger partial charge in [-0.2, -0.15) is 31.3 Å². The molecule has 4 nitrogen and oxygen atoms in total. The highest BCUT2D eigenvalue weighted by Gasteiger charge is 2.62. The molecule has 0 aliphatic rings. The Morgan fingerprint density at radius 2 is 1.76 bits per heavy atom. The van der Waals surface area contributed by atoms with Crippen molar-refractivity contribution < 1.29 is 35.5 Å². The van der Waals surface area contributed by atoms with E-state index in [1.54, 1.807) is 0 Å². The Hall–Kier alpha value is -2.30. The van der Waals surface area contributed by atoms with Crippen molar-refractivity contribution >= 4 is 11.6 Å². The first kappa shape index (κ1) is 19.0. The van der Waals surface area contributed by atoms with Crippen LogP contribution in [0.25, 0.3) is 5.69 Å². The summed E-state index contributed by atoms with van der Waals surface area (Å²) in [5.74, 6) is -9.46. The van der Waals surface area contributed by atoms with E-state index < -0.39 is 46.7 Å². The normalized spacial score (nSPS) is 12.4. The van der Waals surface area contributed by atoms with Crippen molar-refractivity contribution in [1.82, 2.24) is 9.55 Å². The van der Waals surface area contributed by atoms with Gasteiger partial charge in [-0.1, -0.05) is 11.6 Å². The van der Waals surface area contributed by atoms with Crippen molar-refractivity contribution in [3.8, 4) is 11.7 Å². The molecular weight excluding hydrogens is 385 g/mol. The van der Waals surface area contributed by atoms with Crippen LogP contribution in [0.15, 0.2) is 23.0 Å². The monoisotopic (exact) mass is 390 g/mol. The highest BCUT2D eigenvalue weighted by molar-refractivity contribution is 6.30. The summed E-state index contributed by atoms with van der Waals surface area (Å²) in [6.07, 6.45) is -6.21. The number of benzene rings is 1. The maximum atomic E-state index is 13.9. The molecule has 1 aromatic carbocycles. The second-order valence-corrected chi connectivity index (χ2v) is 5.01. The Morgan fingerprint density at radius 1 is 1.16 bits per heavy atom. The van der Waals surface area contributed by atoms with Gasteiger partial charge in [-0.3, -0.25) is 4.79 Å². The van der Waals surface area contributed by atoms with Gasteiger partial charge in [0, 0.05) is 5.02 Å². The van der Waals surface area contributed by atoms with Gasteiger partial charge in [0.15, 0.2) is 5.69 Å². The van der Waals surface area contributed by atoms with Gasteiger partial charge >= 0.3 is 18.1 Å². The first-order valence-corrected chi connectivity index (χ1v) is 6.56. The molecule has 25 heavy (non-hydrogen) atoms. The van der Waals surface area contributed by atoms with E-state index in [4.69, 9.17) is 11.6 Å². The van der Waals surface area contributed by atoms with Crippen LogP contribution in [0, 0.1) is 11.6 Å². The fourth-order valence-electron chi connectivity index (χ4n) is 1.84. The van der Waals surface area contributed by atoms with Crippen molar-refractivity contribution in [3.05, 3.63) is 50.9 Å². The third-order valence-corrected chi connectivity index (χ3v) is 3.22. The molecule has 0 saturated heterocycles. The highest BCUT2D eigenvalue weighted by atomic mass is 35.5. The molecule has 12 heteroatoms. The average Bonchev–Trinajstić information content (AvgIpc) is 2.49. The number of hydrogen-bond donors (Lipinski definition) is 0. The second-order valence-electron chi connectivity index (χ2n) is 4.57. The fourth-order valence-corrected chi connectivity index (χ4v) is 1.99. The van der Waals surface area contributed by atoms with Crippen molar-refractivity contribution in [1.29, 1.82) is 0 Å². The molecule has 0 atom stereocenters. The zero-order valence-corrected chi connectivity index (χ0v) is 12.7. The predicted molar refractivity (Wildman–Crippen MR) is 71.3 cm³/mol. The van der Waals surface area contributed by atoms with Crippen LogP contribution in [0.5, 0.6) is 6.01 Å². The van der Waals surface area contributed by atoms with Gasteiger partial charge in [0.2, 0.25) is 5.82 Å². The topological polar surface area (TPSA) is 44.1 Å². The Kier molecular flexibility index (Phi) is 4.73. The number of alkyl halides is 5. The van der Waals surface area contributed by atoms with E-state index in [0.717, 1.165) is 19.2 Å². The SMILES string of the molecule is COc1nc(C(F)(F)C(F)(F)F)c(F)c(=O)n1-c1ccc(Cl)cc1F. The van der Waals surface area contributed by atoms with Crippen LogP contribution in [0.2, 0.25) is 5.02 Å². The number of halogens is 8. The number of methoxy groups -OCH3 is 1. The Labute approximate surface area is 139 Å². The molecule has 0 aliphatic carbocycles. The van der Waals surface area contributed by atoms with Crippen molar-refractivity contribution in [3.63, 3.8) is 0 Å². The molecule has 0 amide bonds. The van der Waals surface area contributed by atoms with Gasteiger partial charge in [0.25, 0.3) is 5.56 Å². The maximum Gasteiger partial charge on any atom is 0.459 e. The fraction of sp³-hybridized carbons (Fsp3) is 0.231. The molecular formula is C13H6ClF7N2O2. The summed E-state index contributed by atoms with van der Waals surface area (Å²) in [5, 5.41) is -0.109. The molecule has 0 unspecified atom stereocenters. The molecule has 136 valence electrons. The first-order valence-electron chi connectivity index (χ1n) is 6.18. The molecule has 0 aliphatic heterocycles. The molecule has 0 fully saturated rings. The minimum Gasteiger partial charge on any atom is -0.468 e.